The molecule has 0 aliphatic heterocycles. The molecular formula is C9H17B. The van der Waals surface area contributed by atoms with Crippen LogP contribution in [0, 0.1) is 0 Å². The molecule has 10 heavy (non-hydrogen) atoms. The molecule has 1 aliphatic carbocycles. The summed E-state index contributed by atoms with van der Waals surface area (Å²) >= 11 is 0. The molecule has 1 atom stereocenters. The van der Waals surface area contributed by atoms with Crippen molar-refractivity contribution >= 4 is 6.71 Å². The van der Waals surface area contributed by atoms with Crippen molar-refractivity contribution in [3.8, 4) is 0 Å². The van der Waals surface area contributed by atoms with Crippen LogP contribution in [0.15, 0.2) is 11.6 Å². The van der Waals surface area contributed by atoms with Gasteiger partial charge in [-0.2, -0.15) is 0 Å². The van der Waals surface area contributed by atoms with Gasteiger partial charge in [-0.1, -0.05) is 37.5 Å². The van der Waals surface area contributed by atoms with Crippen LogP contribution in [0.25, 0.3) is 0 Å². The standard InChI is InChI=1S/C9H17B/c1-8-4-6-9(7-5-8)10(2)3/h4,9H,5-7H2,1-3H3. The summed E-state index contributed by atoms with van der Waals surface area (Å²) in [6.07, 6.45) is 6.49. The van der Waals surface area contributed by atoms with Crippen molar-refractivity contribution < 1.29 is 0 Å². The van der Waals surface area contributed by atoms with Crippen LogP contribution in [0.4, 0.5) is 0 Å². The minimum absolute atomic E-state index is 0.879. The second kappa shape index (κ2) is 3.27. The lowest BCUT2D eigenvalue weighted by molar-refractivity contribution is 0.687. The van der Waals surface area contributed by atoms with E-state index in [1.54, 1.807) is 5.57 Å². The highest BCUT2D eigenvalue weighted by atomic mass is 14.1. The fraction of sp³-hybridized carbons (Fsp3) is 0.778. The summed E-state index contributed by atoms with van der Waals surface area (Å²) in [7, 11) is 0. The normalized spacial score (nSPS) is 25.9. The first-order chi connectivity index (χ1) is 4.70. The zero-order chi connectivity index (χ0) is 7.56. The summed E-state index contributed by atoms with van der Waals surface area (Å²) in [5.41, 5.74) is 1.59. The molecule has 0 saturated carbocycles. The third kappa shape index (κ3) is 1.90. The van der Waals surface area contributed by atoms with Gasteiger partial charge in [0.25, 0.3) is 0 Å². The molecule has 1 aliphatic rings. The van der Waals surface area contributed by atoms with Gasteiger partial charge in [0.2, 0.25) is 0 Å². The topological polar surface area (TPSA) is 0 Å². The maximum Gasteiger partial charge on any atom is 0.137 e. The summed E-state index contributed by atoms with van der Waals surface area (Å²) in [4.78, 5) is 0. The summed E-state index contributed by atoms with van der Waals surface area (Å²) in [5, 5.41) is 0. The van der Waals surface area contributed by atoms with Gasteiger partial charge in [0.05, 0.1) is 0 Å². The van der Waals surface area contributed by atoms with E-state index in [1.807, 2.05) is 0 Å². The van der Waals surface area contributed by atoms with Gasteiger partial charge < -0.3 is 0 Å². The van der Waals surface area contributed by atoms with Crippen LogP contribution >= 0.6 is 0 Å². The Labute approximate surface area is 64.8 Å². The van der Waals surface area contributed by atoms with Gasteiger partial charge in [-0.05, 0) is 19.8 Å². The third-order valence-electron chi connectivity index (χ3n) is 2.62. The fourth-order valence-electron chi connectivity index (χ4n) is 1.59. The molecule has 1 heteroatoms. The van der Waals surface area contributed by atoms with E-state index >= 15 is 0 Å². The highest BCUT2D eigenvalue weighted by Gasteiger charge is 2.17. The molecule has 0 aromatic rings. The Kier molecular flexibility index (Phi) is 2.59. The van der Waals surface area contributed by atoms with Gasteiger partial charge in [-0.3, -0.25) is 0 Å². The first-order valence-corrected chi connectivity index (χ1v) is 4.36. The molecule has 0 heterocycles. The van der Waals surface area contributed by atoms with Crippen molar-refractivity contribution in [2.45, 2.75) is 45.6 Å². The average molecular weight is 136 g/mol. The van der Waals surface area contributed by atoms with E-state index in [1.165, 1.54) is 19.3 Å². The van der Waals surface area contributed by atoms with Gasteiger partial charge >= 0.3 is 0 Å². The number of hydrogen-bond acceptors (Lipinski definition) is 0. The highest BCUT2D eigenvalue weighted by molar-refractivity contribution is 6.57. The lowest BCUT2D eigenvalue weighted by Gasteiger charge is -2.21. The van der Waals surface area contributed by atoms with E-state index in [0.717, 1.165) is 12.5 Å². The van der Waals surface area contributed by atoms with Crippen molar-refractivity contribution in [1.29, 1.82) is 0 Å². The second-order valence-corrected chi connectivity index (χ2v) is 3.83. The van der Waals surface area contributed by atoms with Crippen molar-refractivity contribution in [3.63, 3.8) is 0 Å². The molecular weight excluding hydrogens is 119 g/mol. The molecule has 1 unspecified atom stereocenters. The Hall–Kier alpha value is -0.195. The van der Waals surface area contributed by atoms with E-state index in [0.29, 0.717) is 0 Å². The molecule has 0 aromatic carbocycles. The Morgan fingerprint density at radius 1 is 1.50 bits per heavy atom. The lowest BCUT2D eigenvalue weighted by atomic mass is 9.42. The van der Waals surface area contributed by atoms with Crippen LogP contribution in [-0.2, 0) is 0 Å². The van der Waals surface area contributed by atoms with E-state index in [2.05, 4.69) is 26.6 Å². The smallest absolute Gasteiger partial charge is 0.0861 e. The highest BCUT2D eigenvalue weighted by Crippen LogP contribution is 2.29. The molecule has 0 radical (unpaired) electrons. The SMILES string of the molecule is CB(C)C1CC=C(C)CC1. The molecule has 56 valence electrons. The zero-order valence-electron chi connectivity index (χ0n) is 7.35. The third-order valence-corrected chi connectivity index (χ3v) is 2.62. The molecule has 1 rings (SSSR count). The summed E-state index contributed by atoms with van der Waals surface area (Å²) in [5.74, 6) is 0.962. The quantitative estimate of drug-likeness (QED) is 0.383. The lowest BCUT2D eigenvalue weighted by Crippen LogP contribution is -2.13. The molecule has 0 amide bonds. The van der Waals surface area contributed by atoms with Crippen LogP contribution in [0.1, 0.15) is 26.2 Å². The van der Waals surface area contributed by atoms with Crippen molar-refractivity contribution in [1.82, 2.24) is 0 Å². The van der Waals surface area contributed by atoms with Crippen LogP contribution in [0.5, 0.6) is 0 Å². The Balaban J connectivity index is 2.42. The van der Waals surface area contributed by atoms with Gasteiger partial charge in [0.15, 0.2) is 0 Å². The van der Waals surface area contributed by atoms with Crippen molar-refractivity contribution in [3.05, 3.63) is 11.6 Å². The zero-order valence-corrected chi connectivity index (χ0v) is 7.35. The van der Waals surface area contributed by atoms with Crippen molar-refractivity contribution in [2.24, 2.45) is 0 Å². The maximum atomic E-state index is 2.41. The van der Waals surface area contributed by atoms with Crippen LogP contribution < -0.4 is 0 Å². The van der Waals surface area contributed by atoms with E-state index in [9.17, 15) is 0 Å². The first-order valence-electron chi connectivity index (χ1n) is 4.36. The van der Waals surface area contributed by atoms with Crippen LogP contribution in [-0.4, -0.2) is 6.71 Å². The van der Waals surface area contributed by atoms with Crippen LogP contribution in [0.2, 0.25) is 19.5 Å². The Bertz CT molecular complexity index is 136. The summed E-state index contributed by atoms with van der Waals surface area (Å²) in [6, 6.07) is 0. The molecule has 0 spiro atoms. The van der Waals surface area contributed by atoms with E-state index < -0.39 is 0 Å². The first kappa shape index (κ1) is 7.91. The van der Waals surface area contributed by atoms with Gasteiger partial charge in [0.1, 0.15) is 6.71 Å². The molecule has 0 N–H and O–H groups in total. The molecule has 0 saturated heterocycles. The van der Waals surface area contributed by atoms with Gasteiger partial charge in [-0.15, -0.1) is 0 Å². The monoisotopic (exact) mass is 136 g/mol. The molecule has 0 fully saturated rings. The Morgan fingerprint density at radius 2 is 2.20 bits per heavy atom. The number of rotatable bonds is 1. The second-order valence-electron chi connectivity index (χ2n) is 3.83. The largest absolute Gasteiger partial charge is 0.137 e. The molecule has 0 nitrogen and oxygen atoms in total. The van der Waals surface area contributed by atoms with Crippen molar-refractivity contribution in [2.75, 3.05) is 0 Å². The fourth-order valence-corrected chi connectivity index (χ4v) is 1.59. The summed E-state index contributed by atoms with van der Waals surface area (Å²) < 4.78 is 0. The van der Waals surface area contributed by atoms with E-state index in [-0.39, 0.29) is 0 Å². The van der Waals surface area contributed by atoms with Gasteiger partial charge in [-0.25, -0.2) is 0 Å². The number of hydrogen-bond donors (Lipinski definition) is 0. The Morgan fingerprint density at radius 3 is 2.60 bits per heavy atom. The average Bonchev–Trinajstić information content (AvgIpc) is 1.88. The minimum atomic E-state index is 0.879. The van der Waals surface area contributed by atoms with E-state index in [4.69, 9.17) is 0 Å². The maximum absolute atomic E-state index is 2.41. The summed E-state index contributed by atoms with van der Waals surface area (Å²) in [6.45, 7) is 7.79. The predicted molar refractivity (Wildman–Crippen MR) is 48.8 cm³/mol. The molecule has 0 aromatic heterocycles. The predicted octanol–water partition coefficient (Wildman–Crippen LogP) is 3.24. The minimum Gasteiger partial charge on any atom is -0.0861 e. The molecule has 0 bridgehead atoms. The van der Waals surface area contributed by atoms with Crippen LogP contribution in [0.3, 0.4) is 0 Å². The number of allylic oxidation sites excluding steroid dienone is 2. The van der Waals surface area contributed by atoms with Gasteiger partial charge in [0, 0.05) is 0 Å².